The summed E-state index contributed by atoms with van der Waals surface area (Å²) in [5.74, 6) is 0.695. The van der Waals surface area contributed by atoms with Crippen molar-refractivity contribution in [1.82, 2.24) is 0 Å². The van der Waals surface area contributed by atoms with Gasteiger partial charge < -0.3 is 14.6 Å². The maximum Gasteiger partial charge on any atom is 0.304 e. The third-order valence-electron chi connectivity index (χ3n) is 3.28. The fourth-order valence-corrected chi connectivity index (χ4v) is 2.46. The first-order chi connectivity index (χ1) is 8.42. The fourth-order valence-electron chi connectivity index (χ4n) is 2.46. The molecular weight excluding hydrogens is 232 g/mol. The lowest BCUT2D eigenvalue weighted by atomic mass is 9.79. The van der Waals surface area contributed by atoms with E-state index in [4.69, 9.17) is 14.6 Å². The Bertz CT molecular complexity index is 477. The van der Waals surface area contributed by atoms with E-state index in [-0.39, 0.29) is 6.42 Å². The van der Waals surface area contributed by atoms with Gasteiger partial charge in [-0.25, -0.2) is 0 Å². The highest BCUT2D eigenvalue weighted by molar-refractivity contribution is 5.69. The van der Waals surface area contributed by atoms with Crippen LogP contribution in [0, 0.1) is 6.92 Å². The second-order valence-corrected chi connectivity index (χ2v) is 5.22. The zero-order valence-corrected chi connectivity index (χ0v) is 10.9. The van der Waals surface area contributed by atoms with Crippen LogP contribution >= 0.6 is 0 Å². The van der Waals surface area contributed by atoms with Crippen molar-refractivity contribution in [2.75, 3.05) is 13.2 Å². The van der Waals surface area contributed by atoms with Gasteiger partial charge in [0.2, 0.25) is 0 Å². The Morgan fingerprint density at radius 2 is 2.00 bits per heavy atom. The topological polar surface area (TPSA) is 55.8 Å². The van der Waals surface area contributed by atoms with Crippen LogP contribution in [0.2, 0.25) is 0 Å². The molecule has 2 rings (SSSR count). The number of rotatable bonds is 3. The summed E-state index contributed by atoms with van der Waals surface area (Å²) in [5, 5.41) is 8.98. The molecule has 4 nitrogen and oxygen atoms in total. The highest BCUT2D eigenvalue weighted by Crippen LogP contribution is 2.40. The molecule has 0 bridgehead atoms. The average Bonchev–Trinajstić information content (AvgIpc) is 2.27. The minimum atomic E-state index is -0.797. The molecule has 1 N–H and O–H groups in total. The van der Waals surface area contributed by atoms with E-state index in [2.05, 4.69) is 0 Å². The molecule has 0 saturated heterocycles. The summed E-state index contributed by atoms with van der Waals surface area (Å²) < 4.78 is 11.1. The van der Waals surface area contributed by atoms with Crippen molar-refractivity contribution >= 4 is 5.97 Å². The Hall–Kier alpha value is -1.71. The van der Waals surface area contributed by atoms with Gasteiger partial charge in [-0.15, -0.1) is 0 Å². The predicted octanol–water partition coefficient (Wildman–Crippen LogP) is 2.52. The van der Waals surface area contributed by atoms with Gasteiger partial charge in [-0.05, 0) is 24.1 Å². The molecule has 4 heteroatoms. The van der Waals surface area contributed by atoms with E-state index >= 15 is 0 Å². The Balaban J connectivity index is 2.43. The highest BCUT2D eigenvalue weighted by atomic mass is 16.6. The van der Waals surface area contributed by atoms with Gasteiger partial charge in [0.1, 0.15) is 13.2 Å². The Kier molecular flexibility index (Phi) is 3.20. The van der Waals surface area contributed by atoms with Gasteiger partial charge in [-0.2, -0.15) is 0 Å². The molecule has 0 aromatic heterocycles. The molecule has 18 heavy (non-hydrogen) atoms. The quantitative estimate of drug-likeness (QED) is 0.895. The number of hydrogen-bond donors (Lipinski definition) is 1. The zero-order chi connectivity index (χ0) is 13.3. The number of carbonyl (C=O) groups is 1. The predicted molar refractivity (Wildman–Crippen MR) is 67.4 cm³/mol. The summed E-state index contributed by atoms with van der Waals surface area (Å²) in [7, 11) is 0. The van der Waals surface area contributed by atoms with E-state index in [0.29, 0.717) is 13.2 Å². The lowest BCUT2D eigenvalue weighted by Crippen LogP contribution is -2.24. The van der Waals surface area contributed by atoms with Crippen LogP contribution in [0.3, 0.4) is 0 Å². The van der Waals surface area contributed by atoms with Gasteiger partial charge >= 0.3 is 5.97 Å². The minimum Gasteiger partial charge on any atom is -0.486 e. The van der Waals surface area contributed by atoms with Crippen molar-refractivity contribution in [3.05, 3.63) is 23.3 Å². The maximum absolute atomic E-state index is 10.9. The van der Waals surface area contributed by atoms with Crippen molar-refractivity contribution in [3.8, 4) is 11.5 Å². The first kappa shape index (κ1) is 12.7. The minimum absolute atomic E-state index is 0.0908. The lowest BCUT2D eigenvalue weighted by Gasteiger charge is -2.28. The van der Waals surface area contributed by atoms with Crippen LogP contribution < -0.4 is 9.47 Å². The molecular formula is C14H18O4. The van der Waals surface area contributed by atoms with Crippen LogP contribution in [-0.2, 0) is 10.2 Å². The van der Waals surface area contributed by atoms with Crippen LogP contribution in [-0.4, -0.2) is 24.3 Å². The summed E-state index contributed by atoms with van der Waals surface area (Å²) >= 11 is 0. The molecule has 0 radical (unpaired) electrons. The molecule has 98 valence electrons. The van der Waals surface area contributed by atoms with Gasteiger partial charge in [0.25, 0.3) is 0 Å². The summed E-state index contributed by atoms with van der Waals surface area (Å²) in [5.41, 5.74) is 1.54. The van der Waals surface area contributed by atoms with Crippen molar-refractivity contribution in [1.29, 1.82) is 0 Å². The summed E-state index contributed by atoms with van der Waals surface area (Å²) in [4.78, 5) is 10.9. The normalized spacial score (nSPS) is 14.4. The molecule has 0 atom stereocenters. The maximum atomic E-state index is 10.9. The lowest BCUT2D eigenvalue weighted by molar-refractivity contribution is -0.138. The number of carboxylic acid groups (broad SMARTS) is 1. The van der Waals surface area contributed by atoms with Crippen molar-refractivity contribution in [3.63, 3.8) is 0 Å². The van der Waals surface area contributed by atoms with E-state index in [1.54, 1.807) is 0 Å². The van der Waals surface area contributed by atoms with Crippen LogP contribution in [0.5, 0.6) is 11.5 Å². The molecule has 0 amide bonds. The molecule has 0 spiro atoms. The molecule has 0 aliphatic carbocycles. The zero-order valence-electron chi connectivity index (χ0n) is 10.9. The van der Waals surface area contributed by atoms with Crippen molar-refractivity contribution < 1.29 is 19.4 Å². The number of fused-ring (bicyclic) bond motifs is 1. The second kappa shape index (κ2) is 4.52. The molecule has 1 aromatic rings. The molecule has 0 saturated carbocycles. The van der Waals surface area contributed by atoms with E-state index < -0.39 is 11.4 Å². The Morgan fingerprint density at radius 1 is 1.33 bits per heavy atom. The van der Waals surface area contributed by atoms with Gasteiger partial charge in [0, 0.05) is 5.41 Å². The Labute approximate surface area is 107 Å². The van der Waals surface area contributed by atoms with Crippen molar-refractivity contribution in [2.24, 2.45) is 0 Å². The van der Waals surface area contributed by atoms with Crippen LogP contribution in [0.25, 0.3) is 0 Å². The average molecular weight is 250 g/mol. The van der Waals surface area contributed by atoms with Crippen LogP contribution in [0.1, 0.15) is 31.4 Å². The number of aliphatic carboxylic acids is 1. The van der Waals surface area contributed by atoms with E-state index in [1.807, 2.05) is 32.9 Å². The first-order valence-corrected chi connectivity index (χ1v) is 6.03. The fraction of sp³-hybridized carbons (Fsp3) is 0.500. The number of ether oxygens (including phenoxy) is 2. The van der Waals surface area contributed by atoms with Gasteiger partial charge in [0.15, 0.2) is 11.5 Å². The molecule has 0 unspecified atom stereocenters. The summed E-state index contributed by atoms with van der Waals surface area (Å²) in [6, 6.07) is 3.80. The molecule has 1 aromatic carbocycles. The molecule has 1 aliphatic heterocycles. The van der Waals surface area contributed by atoms with Crippen LogP contribution in [0.15, 0.2) is 12.1 Å². The largest absolute Gasteiger partial charge is 0.486 e. The summed E-state index contributed by atoms with van der Waals surface area (Å²) in [6.45, 7) is 6.91. The molecule has 1 aliphatic rings. The van der Waals surface area contributed by atoms with Crippen molar-refractivity contribution in [2.45, 2.75) is 32.6 Å². The Morgan fingerprint density at radius 3 is 2.67 bits per heavy atom. The third kappa shape index (κ3) is 2.28. The summed E-state index contributed by atoms with van der Waals surface area (Å²) in [6.07, 6.45) is 0.0908. The molecule has 1 heterocycles. The second-order valence-electron chi connectivity index (χ2n) is 5.22. The smallest absolute Gasteiger partial charge is 0.304 e. The molecule has 0 fully saturated rings. The SMILES string of the molecule is Cc1c(C(C)(C)CC(=O)O)ccc2c1OCCO2. The third-order valence-corrected chi connectivity index (χ3v) is 3.28. The van der Waals surface area contributed by atoms with Gasteiger partial charge in [-0.1, -0.05) is 19.9 Å². The monoisotopic (exact) mass is 250 g/mol. The van der Waals surface area contributed by atoms with E-state index in [0.717, 1.165) is 22.6 Å². The number of hydrogen-bond acceptors (Lipinski definition) is 3. The van der Waals surface area contributed by atoms with E-state index in [1.165, 1.54) is 0 Å². The highest BCUT2D eigenvalue weighted by Gasteiger charge is 2.28. The van der Waals surface area contributed by atoms with Crippen LogP contribution in [0.4, 0.5) is 0 Å². The van der Waals surface area contributed by atoms with Gasteiger partial charge in [-0.3, -0.25) is 4.79 Å². The first-order valence-electron chi connectivity index (χ1n) is 6.03. The number of carboxylic acids is 1. The standard InChI is InChI=1S/C14H18O4/c1-9-10(14(2,3)8-12(15)16)4-5-11-13(9)18-7-6-17-11/h4-5H,6-8H2,1-3H3,(H,15,16). The van der Waals surface area contributed by atoms with Gasteiger partial charge in [0.05, 0.1) is 6.42 Å². The van der Waals surface area contributed by atoms with E-state index in [9.17, 15) is 4.79 Å². The number of benzene rings is 1.